The predicted octanol–water partition coefficient (Wildman–Crippen LogP) is -1.13. The van der Waals surface area contributed by atoms with E-state index in [2.05, 4.69) is 0 Å². The normalized spacial score (nSPS) is 12.0. The maximum absolute atomic E-state index is 11.0. The lowest BCUT2D eigenvalue weighted by Gasteiger charge is -2.29. The Labute approximate surface area is 134 Å². The molecular formula is C14H23NO8. The first-order valence-corrected chi connectivity index (χ1v) is 6.71. The van der Waals surface area contributed by atoms with Crippen LogP contribution in [0.2, 0.25) is 0 Å². The number of esters is 1. The molecular weight excluding hydrogens is 310 g/mol. The number of nitrogens with zero attached hydrogens (tertiary/aromatic N) is 1. The lowest BCUT2D eigenvalue weighted by atomic mass is 10.2. The molecule has 0 saturated carbocycles. The highest BCUT2D eigenvalue weighted by Gasteiger charge is 2.21. The van der Waals surface area contributed by atoms with Gasteiger partial charge in [-0.1, -0.05) is 6.92 Å². The van der Waals surface area contributed by atoms with Crippen molar-refractivity contribution in [2.75, 3.05) is 27.7 Å². The summed E-state index contributed by atoms with van der Waals surface area (Å²) in [6, 6.07) is 0. The highest BCUT2D eigenvalue weighted by Crippen LogP contribution is 2.05. The van der Waals surface area contributed by atoms with Gasteiger partial charge < -0.3 is 29.3 Å². The van der Waals surface area contributed by atoms with E-state index >= 15 is 0 Å². The third kappa shape index (κ3) is 19.6. The minimum absolute atomic E-state index is 0.249. The second-order valence-electron chi connectivity index (χ2n) is 5.52. The molecule has 0 spiro atoms. The Hall–Kier alpha value is -2.42. The number of carboxylic acids is 3. The van der Waals surface area contributed by atoms with Crippen LogP contribution in [0.4, 0.5) is 0 Å². The fourth-order valence-corrected chi connectivity index (χ4v) is 1.35. The van der Waals surface area contributed by atoms with Gasteiger partial charge in [-0.05, 0) is 0 Å². The first kappa shape index (κ1) is 22.9. The molecule has 9 nitrogen and oxygen atoms in total. The quantitative estimate of drug-likeness (QED) is 0.323. The van der Waals surface area contributed by atoms with Gasteiger partial charge >= 0.3 is 17.9 Å². The third-order valence-electron chi connectivity index (χ3n) is 2.10. The van der Waals surface area contributed by atoms with Crippen LogP contribution in [-0.2, 0) is 23.9 Å². The predicted molar refractivity (Wildman–Crippen MR) is 77.1 cm³/mol. The Morgan fingerprint density at radius 1 is 1.09 bits per heavy atom. The highest BCUT2D eigenvalue weighted by atomic mass is 16.5. The Kier molecular flexibility index (Phi) is 11.1. The molecule has 1 atom stereocenters. The fraction of sp³-hybridized carbons (Fsp3) is 0.571. The van der Waals surface area contributed by atoms with Crippen molar-refractivity contribution in [3.8, 4) is 0 Å². The minimum Gasteiger partial charge on any atom is -0.550 e. The molecule has 0 aliphatic rings. The number of quaternary nitrogens is 1. The van der Waals surface area contributed by atoms with E-state index in [9.17, 15) is 24.3 Å². The van der Waals surface area contributed by atoms with Gasteiger partial charge in [-0.15, -0.1) is 0 Å². The van der Waals surface area contributed by atoms with Gasteiger partial charge in [0.05, 0.1) is 21.1 Å². The van der Waals surface area contributed by atoms with E-state index in [1.54, 1.807) is 6.92 Å². The van der Waals surface area contributed by atoms with Crippen molar-refractivity contribution in [3.05, 3.63) is 12.2 Å². The van der Waals surface area contributed by atoms with E-state index in [0.29, 0.717) is 23.2 Å². The van der Waals surface area contributed by atoms with Crippen LogP contribution in [0.15, 0.2) is 12.2 Å². The molecule has 0 fully saturated rings. The highest BCUT2D eigenvalue weighted by molar-refractivity contribution is 5.89. The summed E-state index contributed by atoms with van der Waals surface area (Å²) in [6.07, 6.45) is 0.509. The largest absolute Gasteiger partial charge is 0.550 e. The van der Waals surface area contributed by atoms with Crippen molar-refractivity contribution in [2.24, 2.45) is 0 Å². The number of carbonyl (C=O) groups is 4. The molecule has 0 aromatic heterocycles. The summed E-state index contributed by atoms with van der Waals surface area (Å²) in [5.74, 6) is -4.09. The Morgan fingerprint density at radius 3 is 1.78 bits per heavy atom. The smallest absolute Gasteiger partial charge is 0.328 e. The van der Waals surface area contributed by atoms with Crippen molar-refractivity contribution < 1.29 is 43.7 Å². The number of rotatable bonds is 8. The zero-order valence-corrected chi connectivity index (χ0v) is 13.6. The Bertz CT molecular complexity index is 434. The summed E-state index contributed by atoms with van der Waals surface area (Å²) >= 11 is 0. The molecule has 0 aromatic carbocycles. The molecule has 9 heteroatoms. The van der Waals surface area contributed by atoms with Gasteiger partial charge in [0.25, 0.3) is 0 Å². The summed E-state index contributed by atoms with van der Waals surface area (Å²) < 4.78 is 5.55. The zero-order valence-electron chi connectivity index (χ0n) is 13.6. The molecule has 0 heterocycles. The molecule has 0 amide bonds. The second kappa shape index (κ2) is 11.2. The fourth-order valence-electron chi connectivity index (χ4n) is 1.35. The van der Waals surface area contributed by atoms with Gasteiger partial charge in [0.2, 0.25) is 0 Å². The van der Waals surface area contributed by atoms with Crippen LogP contribution < -0.4 is 5.11 Å². The van der Waals surface area contributed by atoms with E-state index in [0.717, 1.165) is 0 Å². The van der Waals surface area contributed by atoms with Crippen LogP contribution in [0.1, 0.15) is 19.8 Å². The van der Waals surface area contributed by atoms with Gasteiger partial charge in [-0.2, -0.15) is 0 Å². The zero-order chi connectivity index (χ0) is 18.6. The van der Waals surface area contributed by atoms with E-state index in [1.165, 1.54) is 0 Å². The number of carbonyl (C=O) groups excluding carboxylic acids is 2. The molecule has 0 aromatic rings. The van der Waals surface area contributed by atoms with E-state index in [1.807, 2.05) is 21.1 Å². The van der Waals surface area contributed by atoms with Crippen molar-refractivity contribution in [2.45, 2.75) is 25.9 Å². The second-order valence-corrected chi connectivity index (χ2v) is 5.52. The van der Waals surface area contributed by atoms with Crippen molar-refractivity contribution in [3.63, 3.8) is 0 Å². The maximum Gasteiger partial charge on any atom is 0.328 e. The lowest BCUT2D eigenvalue weighted by Crippen LogP contribution is -2.45. The number of hydrogen-bond donors (Lipinski definition) is 2. The van der Waals surface area contributed by atoms with Gasteiger partial charge in [0.15, 0.2) is 6.10 Å². The van der Waals surface area contributed by atoms with Gasteiger partial charge in [-0.25, -0.2) is 9.59 Å². The summed E-state index contributed by atoms with van der Waals surface area (Å²) in [4.78, 5) is 40.6. The molecule has 0 radical (unpaired) electrons. The van der Waals surface area contributed by atoms with Gasteiger partial charge in [0.1, 0.15) is 6.54 Å². The first-order chi connectivity index (χ1) is 10.4. The van der Waals surface area contributed by atoms with Crippen LogP contribution in [0.5, 0.6) is 0 Å². The summed E-state index contributed by atoms with van der Waals surface area (Å²) in [6.45, 7) is 2.13. The summed E-state index contributed by atoms with van der Waals surface area (Å²) in [7, 11) is 5.71. The first-order valence-electron chi connectivity index (χ1n) is 6.71. The van der Waals surface area contributed by atoms with E-state index in [4.69, 9.17) is 14.9 Å². The number of carboxylic acid groups (broad SMARTS) is 3. The molecule has 2 N–H and O–H groups in total. The van der Waals surface area contributed by atoms with Crippen molar-refractivity contribution in [1.82, 2.24) is 0 Å². The van der Waals surface area contributed by atoms with Crippen molar-refractivity contribution in [1.29, 1.82) is 0 Å². The van der Waals surface area contributed by atoms with E-state index in [-0.39, 0.29) is 18.8 Å². The van der Waals surface area contributed by atoms with Crippen LogP contribution in [0.3, 0.4) is 0 Å². The van der Waals surface area contributed by atoms with Crippen LogP contribution in [0.25, 0.3) is 0 Å². The topological polar surface area (TPSA) is 141 Å². The Morgan fingerprint density at radius 2 is 1.52 bits per heavy atom. The minimum atomic E-state index is -1.26. The average Bonchev–Trinajstić information content (AvgIpc) is 2.34. The monoisotopic (exact) mass is 333 g/mol. The molecule has 132 valence electrons. The molecule has 1 unspecified atom stereocenters. The maximum atomic E-state index is 11.0. The molecule has 0 rings (SSSR count). The lowest BCUT2D eigenvalue weighted by molar-refractivity contribution is -0.873. The standard InChI is InChI=1S/C10H19NO4.C4H4O4/c1-5-10(14)15-8(6-9(12)13)7-11(2,3)4;5-3(6)1-2-4(7)8/h8H,5-7H2,1-4H3;1-2H,(H,5,6)(H,7,8)/b;2-1+. The van der Waals surface area contributed by atoms with Crippen molar-refractivity contribution >= 4 is 23.9 Å². The number of likely N-dealkylation sites (N-methyl/N-ethyl adjacent to an activating group) is 1. The molecule has 0 aliphatic heterocycles. The van der Waals surface area contributed by atoms with Crippen LogP contribution in [0, 0.1) is 0 Å². The molecule has 0 saturated heterocycles. The molecule has 0 bridgehead atoms. The average molecular weight is 333 g/mol. The number of aliphatic carboxylic acids is 3. The summed E-state index contributed by atoms with van der Waals surface area (Å²) in [5, 5.41) is 26.1. The number of hydrogen-bond acceptors (Lipinski definition) is 6. The molecule has 23 heavy (non-hydrogen) atoms. The summed E-state index contributed by atoms with van der Waals surface area (Å²) in [5.41, 5.74) is 0. The Balaban J connectivity index is 0. The van der Waals surface area contributed by atoms with Crippen LogP contribution in [-0.4, -0.2) is 72.4 Å². The van der Waals surface area contributed by atoms with Gasteiger partial charge in [-0.3, -0.25) is 4.79 Å². The number of ether oxygens (including phenoxy) is 1. The SMILES string of the molecule is CCC(=O)OC(CC(=O)[O-])C[N+](C)(C)C.O=C(O)/C=C/C(=O)O. The van der Waals surface area contributed by atoms with E-state index < -0.39 is 24.0 Å². The molecule has 0 aliphatic carbocycles. The van der Waals surface area contributed by atoms with Crippen LogP contribution >= 0.6 is 0 Å². The van der Waals surface area contributed by atoms with Gasteiger partial charge in [0, 0.05) is 31.0 Å². The third-order valence-corrected chi connectivity index (χ3v) is 2.10.